The molecule has 9 nitrogen and oxygen atoms in total. The fraction of sp³-hybridized carbons (Fsp3) is 0.600. The standard InChI is InChI=1S/C20H28FN5O4/c1-29-6-5-13(22)11-8-25(9-12(11)21)15-7-14(23)16-17(18(15)30-2)26(10-3-4-10)20(28)24-19(16)27/h7,10-13H,3-6,8-9,22-23H2,1-2H3,(H,24,27,28)/t11-,12-,13+/m0/s1. The number of nitrogen functional groups attached to an aromatic ring is 1. The van der Waals surface area contributed by atoms with Crippen LogP contribution in [-0.2, 0) is 4.74 Å². The largest absolute Gasteiger partial charge is 0.492 e. The van der Waals surface area contributed by atoms with Crippen LogP contribution in [0.25, 0.3) is 10.9 Å². The van der Waals surface area contributed by atoms with Gasteiger partial charge >= 0.3 is 5.69 Å². The smallest absolute Gasteiger partial charge is 0.329 e. The summed E-state index contributed by atoms with van der Waals surface area (Å²) >= 11 is 0. The van der Waals surface area contributed by atoms with Gasteiger partial charge in [-0.05, 0) is 25.3 Å². The molecule has 2 heterocycles. The molecule has 1 aromatic heterocycles. The number of hydrogen-bond donors (Lipinski definition) is 3. The average Bonchev–Trinajstić information content (AvgIpc) is 3.46. The average molecular weight is 421 g/mol. The molecule has 30 heavy (non-hydrogen) atoms. The molecular weight excluding hydrogens is 393 g/mol. The molecule has 0 amide bonds. The van der Waals surface area contributed by atoms with Gasteiger partial charge in [-0.15, -0.1) is 0 Å². The van der Waals surface area contributed by atoms with Crippen molar-refractivity contribution in [1.82, 2.24) is 9.55 Å². The predicted molar refractivity (Wildman–Crippen MR) is 113 cm³/mol. The summed E-state index contributed by atoms with van der Waals surface area (Å²) in [7, 11) is 3.06. The quantitative estimate of drug-likeness (QED) is 0.563. The first-order valence-electron chi connectivity index (χ1n) is 10.2. The lowest BCUT2D eigenvalue weighted by atomic mass is 9.96. The van der Waals surface area contributed by atoms with E-state index in [1.807, 2.05) is 4.90 Å². The number of fused-ring (bicyclic) bond motifs is 1. The highest BCUT2D eigenvalue weighted by Gasteiger charge is 2.39. The molecule has 2 aromatic rings. The predicted octanol–water partition coefficient (Wildman–Crippen LogP) is 0.754. The number of halogens is 1. The number of aromatic nitrogens is 2. The molecule has 2 fully saturated rings. The van der Waals surface area contributed by atoms with Crippen LogP contribution in [0.3, 0.4) is 0 Å². The Labute approximate surface area is 172 Å². The summed E-state index contributed by atoms with van der Waals surface area (Å²) in [6, 6.07) is 1.26. The first kappa shape index (κ1) is 20.7. The third-order valence-electron chi connectivity index (χ3n) is 6.13. The Balaban J connectivity index is 1.82. The number of alkyl halides is 1. The van der Waals surface area contributed by atoms with Gasteiger partial charge in [-0.25, -0.2) is 9.18 Å². The molecule has 0 spiro atoms. The highest BCUT2D eigenvalue weighted by Crippen LogP contribution is 2.44. The van der Waals surface area contributed by atoms with Gasteiger partial charge in [0.05, 0.1) is 18.2 Å². The number of nitrogens with two attached hydrogens (primary N) is 2. The highest BCUT2D eigenvalue weighted by molar-refractivity contribution is 5.99. The summed E-state index contributed by atoms with van der Waals surface area (Å²) in [4.78, 5) is 29.2. The minimum atomic E-state index is -1.12. The molecule has 3 atom stereocenters. The summed E-state index contributed by atoms with van der Waals surface area (Å²) in [6.45, 7) is 0.973. The third kappa shape index (κ3) is 3.43. The van der Waals surface area contributed by atoms with Crippen molar-refractivity contribution in [3.63, 3.8) is 0 Å². The van der Waals surface area contributed by atoms with Gasteiger partial charge in [-0.2, -0.15) is 0 Å². The van der Waals surface area contributed by atoms with Gasteiger partial charge in [0.1, 0.15) is 11.7 Å². The molecule has 1 aliphatic carbocycles. The summed E-state index contributed by atoms with van der Waals surface area (Å²) in [5, 5.41) is 0.214. The van der Waals surface area contributed by atoms with Gasteiger partial charge < -0.3 is 25.8 Å². The molecule has 1 aliphatic heterocycles. The molecule has 4 rings (SSSR count). The summed E-state index contributed by atoms with van der Waals surface area (Å²) in [5.41, 5.74) is 12.5. The van der Waals surface area contributed by atoms with Crippen LogP contribution >= 0.6 is 0 Å². The number of anilines is 2. The minimum Gasteiger partial charge on any atom is -0.492 e. The minimum absolute atomic E-state index is 0.0110. The second-order valence-corrected chi connectivity index (χ2v) is 8.13. The molecule has 0 unspecified atom stereocenters. The van der Waals surface area contributed by atoms with Gasteiger partial charge in [-0.1, -0.05) is 0 Å². The summed E-state index contributed by atoms with van der Waals surface area (Å²) in [6.07, 6.45) is 1.11. The molecule has 0 radical (unpaired) electrons. The Morgan fingerprint density at radius 2 is 2.03 bits per heavy atom. The van der Waals surface area contributed by atoms with E-state index in [4.69, 9.17) is 20.9 Å². The molecule has 2 aliphatic rings. The van der Waals surface area contributed by atoms with Crippen molar-refractivity contribution in [2.75, 3.05) is 44.5 Å². The monoisotopic (exact) mass is 421 g/mol. The maximum atomic E-state index is 14.9. The number of hydrogen-bond acceptors (Lipinski definition) is 7. The van der Waals surface area contributed by atoms with Crippen LogP contribution in [0.2, 0.25) is 0 Å². The Morgan fingerprint density at radius 1 is 1.30 bits per heavy atom. The summed E-state index contributed by atoms with van der Waals surface area (Å²) < 4.78 is 27.1. The zero-order valence-corrected chi connectivity index (χ0v) is 17.2. The fourth-order valence-electron chi connectivity index (χ4n) is 4.42. The normalized spacial score (nSPS) is 22.6. The Bertz CT molecular complexity index is 1060. The Kier molecular flexibility index (Phi) is 5.46. The van der Waals surface area contributed by atoms with E-state index in [9.17, 15) is 14.0 Å². The van der Waals surface area contributed by atoms with Gasteiger partial charge in [0.2, 0.25) is 0 Å². The first-order chi connectivity index (χ1) is 14.4. The SMILES string of the molecule is COCC[C@@H](N)[C@H]1CN(c2cc(N)c3c(=O)[nH]c(=O)n(C4CC4)c3c2OC)C[C@@H]1F. The Morgan fingerprint density at radius 3 is 2.67 bits per heavy atom. The molecule has 5 N–H and O–H groups in total. The van der Waals surface area contributed by atoms with Crippen LogP contribution in [0.5, 0.6) is 5.75 Å². The lowest BCUT2D eigenvalue weighted by Gasteiger charge is -2.25. The molecule has 0 bridgehead atoms. The fourth-order valence-corrected chi connectivity index (χ4v) is 4.42. The van der Waals surface area contributed by atoms with E-state index in [-0.39, 0.29) is 35.6 Å². The van der Waals surface area contributed by atoms with E-state index in [2.05, 4.69) is 4.98 Å². The van der Waals surface area contributed by atoms with Gasteiger partial charge in [0.25, 0.3) is 5.56 Å². The van der Waals surface area contributed by atoms with Crippen molar-refractivity contribution in [3.05, 3.63) is 26.9 Å². The highest BCUT2D eigenvalue weighted by atomic mass is 19.1. The third-order valence-corrected chi connectivity index (χ3v) is 6.13. The van der Waals surface area contributed by atoms with Gasteiger partial charge in [-0.3, -0.25) is 14.3 Å². The van der Waals surface area contributed by atoms with E-state index >= 15 is 0 Å². The van der Waals surface area contributed by atoms with Crippen molar-refractivity contribution < 1.29 is 13.9 Å². The van der Waals surface area contributed by atoms with E-state index in [1.54, 1.807) is 17.7 Å². The van der Waals surface area contributed by atoms with Gasteiger partial charge in [0, 0.05) is 50.5 Å². The van der Waals surface area contributed by atoms with Gasteiger partial charge in [0.15, 0.2) is 5.75 Å². The zero-order chi connectivity index (χ0) is 21.6. The number of benzene rings is 1. The molecular formula is C20H28FN5O4. The van der Waals surface area contributed by atoms with Crippen LogP contribution in [0.4, 0.5) is 15.8 Å². The summed E-state index contributed by atoms with van der Waals surface area (Å²) in [5.74, 6) is -0.0146. The van der Waals surface area contributed by atoms with E-state index in [0.717, 1.165) is 12.8 Å². The lowest BCUT2D eigenvalue weighted by molar-refractivity contribution is 0.166. The van der Waals surface area contributed by atoms with Crippen molar-refractivity contribution in [2.24, 2.45) is 11.7 Å². The Hall–Kier alpha value is -2.59. The molecule has 1 saturated heterocycles. The number of H-pyrrole nitrogens is 1. The van der Waals surface area contributed by atoms with Crippen LogP contribution in [0.1, 0.15) is 25.3 Å². The van der Waals surface area contributed by atoms with Crippen molar-refractivity contribution >= 4 is 22.3 Å². The molecule has 164 valence electrons. The number of aromatic amines is 1. The van der Waals surface area contributed by atoms with Crippen molar-refractivity contribution in [2.45, 2.75) is 37.5 Å². The maximum Gasteiger partial charge on any atom is 0.329 e. The number of nitrogens with zero attached hydrogens (tertiary/aromatic N) is 2. The molecule has 1 aromatic carbocycles. The van der Waals surface area contributed by atoms with Crippen LogP contribution in [-0.4, -0.2) is 55.7 Å². The van der Waals surface area contributed by atoms with Crippen LogP contribution in [0, 0.1) is 5.92 Å². The maximum absolute atomic E-state index is 14.9. The van der Waals surface area contributed by atoms with E-state index in [1.165, 1.54) is 7.11 Å². The second-order valence-electron chi connectivity index (χ2n) is 8.13. The molecule has 1 saturated carbocycles. The number of nitrogens with one attached hydrogen (secondary N) is 1. The van der Waals surface area contributed by atoms with E-state index in [0.29, 0.717) is 36.5 Å². The van der Waals surface area contributed by atoms with Crippen molar-refractivity contribution in [3.8, 4) is 5.75 Å². The number of rotatable bonds is 7. The molecule has 10 heteroatoms. The first-order valence-corrected chi connectivity index (χ1v) is 10.2. The zero-order valence-electron chi connectivity index (χ0n) is 17.2. The topological polar surface area (TPSA) is 129 Å². The number of ether oxygens (including phenoxy) is 2. The second kappa shape index (κ2) is 7.92. The van der Waals surface area contributed by atoms with Crippen molar-refractivity contribution in [1.29, 1.82) is 0 Å². The number of methoxy groups -OCH3 is 2. The van der Waals surface area contributed by atoms with Crippen LogP contribution < -0.4 is 32.4 Å². The lowest BCUT2D eigenvalue weighted by Crippen LogP contribution is -2.37. The van der Waals surface area contributed by atoms with E-state index < -0.39 is 17.4 Å². The van der Waals surface area contributed by atoms with Crippen LogP contribution in [0.15, 0.2) is 15.7 Å².